The molecule has 21 heavy (non-hydrogen) atoms. The molecule has 6 nitrogen and oxygen atoms in total. The molecule has 4 N–H and O–H groups in total. The summed E-state index contributed by atoms with van der Waals surface area (Å²) in [6, 6.07) is 4.91. The van der Waals surface area contributed by atoms with E-state index in [1.165, 1.54) is 18.9 Å². The van der Waals surface area contributed by atoms with Gasteiger partial charge in [0, 0.05) is 19.3 Å². The largest absolute Gasteiger partial charge is 0.398 e. The van der Waals surface area contributed by atoms with Gasteiger partial charge in [0.2, 0.25) is 10.0 Å². The number of sulfonamides is 1. The van der Waals surface area contributed by atoms with Crippen LogP contribution in [-0.4, -0.2) is 47.0 Å². The van der Waals surface area contributed by atoms with Crippen LogP contribution in [0.3, 0.4) is 0 Å². The zero-order valence-corrected chi connectivity index (χ0v) is 13.4. The molecule has 2 rings (SSSR count). The normalized spacial score (nSPS) is 17.9. The minimum Gasteiger partial charge on any atom is -0.398 e. The van der Waals surface area contributed by atoms with Crippen LogP contribution >= 0.6 is 0 Å². The summed E-state index contributed by atoms with van der Waals surface area (Å²) in [5.41, 5.74) is 6.92. The standard InChI is InChI=1S/C14H24N4O2S/c1-17-7-5-11(6-8-17)10-18(2)12-3-4-14(13(15)9-12)21(16,19)20/h3-4,9,11H,5-8,10,15H2,1-2H3,(H2,16,19,20). The lowest BCUT2D eigenvalue weighted by Gasteiger charge is -2.32. The van der Waals surface area contributed by atoms with Gasteiger partial charge >= 0.3 is 0 Å². The molecule has 0 spiro atoms. The highest BCUT2D eigenvalue weighted by molar-refractivity contribution is 7.89. The lowest BCUT2D eigenvalue weighted by atomic mass is 9.96. The molecular weight excluding hydrogens is 288 g/mol. The van der Waals surface area contributed by atoms with Crippen LogP contribution in [0, 0.1) is 5.92 Å². The van der Waals surface area contributed by atoms with Crippen molar-refractivity contribution >= 4 is 21.4 Å². The number of likely N-dealkylation sites (tertiary alicyclic amines) is 1. The third-order valence-corrected chi connectivity index (χ3v) is 5.10. The molecule has 118 valence electrons. The van der Waals surface area contributed by atoms with Crippen LogP contribution in [0.25, 0.3) is 0 Å². The Balaban J connectivity index is 2.06. The third-order valence-electron chi connectivity index (χ3n) is 4.11. The van der Waals surface area contributed by atoms with Gasteiger partial charge in [0.05, 0.1) is 5.69 Å². The van der Waals surface area contributed by atoms with Crippen molar-refractivity contribution in [3.8, 4) is 0 Å². The number of anilines is 2. The van der Waals surface area contributed by atoms with E-state index < -0.39 is 10.0 Å². The SMILES string of the molecule is CN1CCC(CN(C)c2ccc(S(N)(=O)=O)c(N)c2)CC1. The van der Waals surface area contributed by atoms with Gasteiger partial charge in [-0.2, -0.15) is 0 Å². The van der Waals surface area contributed by atoms with Crippen molar-refractivity contribution in [2.24, 2.45) is 11.1 Å². The number of hydrogen-bond acceptors (Lipinski definition) is 5. The maximum Gasteiger partial charge on any atom is 0.240 e. The van der Waals surface area contributed by atoms with E-state index in [1.807, 2.05) is 7.05 Å². The average molecular weight is 312 g/mol. The first kappa shape index (κ1) is 16.1. The van der Waals surface area contributed by atoms with Crippen LogP contribution in [-0.2, 0) is 10.0 Å². The number of rotatable bonds is 4. The fourth-order valence-corrected chi connectivity index (χ4v) is 3.41. The Morgan fingerprint density at radius 3 is 2.48 bits per heavy atom. The molecule has 0 atom stereocenters. The van der Waals surface area contributed by atoms with Gasteiger partial charge in [0.1, 0.15) is 4.90 Å². The summed E-state index contributed by atoms with van der Waals surface area (Å²) in [7, 11) is 0.391. The number of piperidine rings is 1. The van der Waals surface area contributed by atoms with Crippen LogP contribution in [0.4, 0.5) is 11.4 Å². The summed E-state index contributed by atoms with van der Waals surface area (Å²) in [5.74, 6) is 0.658. The number of benzene rings is 1. The minimum absolute atomic E-state index is 0.0149. The number of nitrogen functional groups attached to an aromatic ring is 1. The second kappa shape index (κ2) is 6.21. The van der Waals surface area contributed by atoms with Gasteiger partial charge in [0.15, 0.2) is 0 Å². The molecule has 1 aliphatic rings. The van der Waals surface area contributed by atoms with Crippen molar-refractivity contribution < 1.29 is 8.42 Å². The summed E-state index contributed by atoms with van der Waals surface area (Å²) >= 11 is 0. The Labute approximate surface area is 126 Å². The summed E-state index contributed by atoms with van der Waals surface area (Å²) in [4.78, 5) is 4.45. The summed E-state index contributed by atoms with van der Waals surface area (Å²) in [6.45, 7) is 3.21. The van der Waals surface area contributed by atoms with Gasteiger partial charge in [-0.25, -0.2) is 13.6 Å². The van der Waals surface area contributed by atoms with Crippen LogP contribution in [0.2, 0.25) is 0 Å². The monoisotopic (exact) mass is 312 g/mol. The van der Waals surface area contributed by atoms with Crippen molar-refractivity contribution in [1.29, 1.82) is 0 Å². The molecule has 1 aromatic rings. The molecule has 0 aliphatic carbocycles. The van der Waals surface area contributed by atoms with Gasteiger partial charge in [-0.1, -0.05) is 0 Å². The highest BCUT2D eigenvalue weighted by Crippen LogP contribution is 2.25. The van der Waals surface area contributed by atoms with Crippen LogP contribution in [0.15, 0.2) is 23.1 Å². The Hall–Kier alpha value is -1.31. The molecule has 1 aromatic carbocycles. The number of hydrogen-bond donors (Lipinski definition) is 2. The number of primary sulfonamides is 1. The molecule has 1 saturated heterocycles. The fraction of sp³-hybridized carbons (Fsp3) is 0.571. The van der Waals surface area contributed by atoms with E-state index in [0.717, 1.165) is 25.3 Å². The smallest absolute Gasteiger partial charge is 0.240 e. The molecule has 0 aromatic heterocycles. The Morgan fingerprint density at radius 1 is 1.33 bits per heavy atom. The van der Waals surface area contributed by atoms with Gasteiger partial charge in [0.25, 0.3) is 0 Å². The number of nitrogens with two attached hydrogens (primary N) is 2. The first-order valence-electron chi connectivity index (χ1n) is 7.09. The number of nitrogens with zero attached hydrogens (tertiary/aromatic N) is 2. The maximum atomic E-state index is 11.4. The molecule has 1 fully saturated rings. The second-order valence-electron chi connectivity index (χ2n) is 5.89. The van der Waals surface area contributed by atoms with Crippen molar-refractivity contribution in [2.45, 2.75) is 17.7 Å². The van der Waals surface area contributed by atoms with E-state index in [4.69, 9.17) is 10.9 Å². The average Bonchev–Trinajstić information content (AvgIpc) is 2.39. The predicted octanol–water partition coefficient (Wildman–Crippen LogP) is 0.694. The Kier molecular flexibility index (Phi) is 4.75. The van der Waals surface area contributed by atoms with E-state index in [-0.39, 0.29) is 10.6 Å². The van der Waals surface area contributed by atoms with E-state index >= 15 is 0 Å². The summed E-state index contributed by atoms with van der Waals surface area (Å²) in [6.07, 6.45) is 2.37. The highest BCUT2D eigenvalue weighted by atomic mass is 32.2. The van der Waals surface area contributed by atoms with Gasteiger partial charge in [-0.3, -0.25) is 0 Å². The summed E-state index contributed by atoms with van der Waals surface area (Å²) in [5, 5.41) is 5.12. The molecular formula is C14H24N4O2S. The van der Waals surface area contributed by atoms with Gasteiger partial charge in [-0.15, -0.1) is 0 Å². The molecule has 0 unspecified atom stereocenters. The van der Waals surface area contributed by atoms with Gasteiger partial charge < -0.3 is 15.5 Å². The van der Waals surface area contributed by atoms with E-state index in [2.05, 4.69) is 16.8 Å². The predicted molar refractivity (Wildman–Crippen MR) is 85.7 cm³/mol. The molecule has 0 bridgehead atoms. The quantitative estimate of drug-likeness (QED) is 0.798. The van der Waals surface area contributed by atoms with Crippen molar-refractivity contribution in [3.63, 3.8) is 0 Å². The van der Waals surface area contributed by atoms with Crippen molar-refractivity contribution in [1.82, 2.24) is 4.90 Å². The lowest BCUT2D eigenvalue weighted by Crippen LogP contribution is -2.35. The zero-order valence-electron chi connectivity index (χ0n) is 12.6. The van der Waals surface area contributed by atoms with Crippen molar-refractivity contribution in [2.75, 3.05) is 44.4 Å². The molecule has 7 heteroatoms. The molecule has 0 radical (unpaired) electrons. The zero-order chi connectivity index (χ0) is 15.6. The maximum absolute atomic E-state index is 11.4. The molecule has 1 aliphatic heterocycles. The first-order valence-corrected chi connectivity index (χ1v) is 8.64. The van der Waals surface area contributed by atoms with E-state index in [1.54, 1.807) is 12.1 Å². The lowest BCUT2D eigenvalue weighted by molar-refractivity contribution is 0.222. The third kappa shape index (κ3) is 4.09. The van der Waals surface area contributed by atoms with Crippen LogP contribution < -0.4 is 15.8 Å². The van der Waals surface area contributed by atoms with Gasteiger partial charge in [-0.05, 0) is 57.1 Å². The minimum atomic E-state index is -3.76. The van der Waals surface area contributed by atoms with Crippen LogP contribution in [0.1, 0.15) is 12.8 Å². The topological polar surface area (TPSA) is 92.7 Å². The molecule has 0 amide bonds. The highest BCUT2D eigenvalue weighted by Gasteiger charge is 2.19. The molecule has 0 saturated carbocycles. The first-order chi connectivity index (χ1) is 9.77. The second-order valence-corrected chi connectivity index (χ2v) is 7.42. The molecule has 1 heterocycles. The Bertz CT molecular complexity index is 595. The summed E-state index contributed by atoms with van der Waals surface area (Å²) < 4.78 is 22.7. The van der Waals surface area contributed by atoms with E-state index in [0.29, 0.717) is 5.92 Å². The fourth-order valence-electron chi connectivity index (χ4n) is 2.77. The van der Waals surface area contributed by atoms with E-state index in [9.17, 15) is 8.42 Å². The Morgan fingerprint density at radius 2 is 1.95 bits per heavy atom. The van der Waals surface area contributed by atoms with Crippen molar-refractivity contribution in [3.05, 3.63) is 18.2 Å². The van der Waals surface area contributed by atoms with Crippen LogP contribution in [0.5, 0.6) is 0 Å².